The second kappa shape index (κ2) is 10.9. The van der Waals surface area contributed by atoms with E-state index < -0.39 is 12.6 Å². The first kappa shape index (κ1) is 24.7. The summed E-state index contributed by atoms with van der Waals surface area (Å²) in [7, 11) is 0. The van der Waals surface area contributed by atoms with Crippen LogP contribution in [0, 0.1) is 6.92 Å². The Bertz CT molecular complexity index is 1470. The summed E-state index contributed by atoms with van der Waals surface area (Å²) >= 11 is 0. The van der Waals surface area contributed by atoms with E-state index in [2.05, 4.69) is 36.1 Å². The highest BCUT2D eigenvalue weighted by Crippen LogP contribution is 2.28. The van der Waals surface area contributed by atoms with Crippen LogP contribution in [0.5, 0.6) is 11.5 Å². The molecule has 4 rings (SSSR count). The van der Waals surface area contributed by atoms with E-state index in [0.717, 1.165) is 16.9 Å². The minimum atomic E-state index is -1.05. The Balaban J connectivity index is 1.66. The molecule has 1 heterocycles. The second-order valence-electron chi connectivity index (χ2n) is 8.64. The maximum atomic E-state index is 13.3. The third-order valence-corrected chi connectivity index (χ3v) is 5.53. The molecule has 8 heteroatoms. The zero-order valence-electron chi connectivity index (χ0n) is 20.3. The molecule has 0 bridgehead atoms. The van der Waals surface area contributed by atoms with Crippen LogP contribution in [0.3, 0.4) is 0 Å². The SMILES string of the molecule is Cc1ccc(C(C)C)c(OCc2nc3ccccc3c(=O)n2/N=C/c2ccc(OCC(=O)O)cc2)c1. The largest absolute Gasteiger partial charge is 0.485 e. The monoisotopic (exact) mass is 485 g/mol. The number of carboxylic acid groups (broad SMARTS) is 1. The number of carboxylic acids is 1. The van der Waals surface area contributed by atoms with Gasteiger partial charge in [0.15, 0.2) is 12.4 Å². The molecule has 0 radical (unpaired) electrons. The van der Waals surface area contributed by atoms with Crippen molar-refractivity contribution >= 4 is 23.1 Å². The van der Waals surface area contributed by atoms with E-state index in [-0.39, 0.29) is 18.1 Å². The fourth-order valence-corrected chi connectivity index (χ4v) is 3.69. The maximum Gasteiger partial charge on any atom is 0.341 e. The molecule has 0 fully saturated rings. The van der Waals surface area contributed by atoms with Gasteiger partial charge in [0.1, 0.15) is 18.1 Å². The Morgan fingerprint density at radius 2 is 1.83 bits per heavy atom. The summed E-state index contributed by atoms with van der Waals surface area (Å²) in [5.74, 6) is 0.761. The first-order valence-corrected chi connectivity index (χ1v) is 11.5. The Kier molecular flexibility index (Phi) is 7.44. The van der Waals surface area contributed by atoms with Crippen molar-refractivity contribution in [3.8, 4) is 11.5 Å². The van der Waals surface area contributed by atoms with Gasteiger partial charge in [0, 0.05) is 0 Å². The Morgan fingerprint density at radius 3 is 2.56 bits per heavy atom. The topological polar surface area (TPSA) is 103 Å². The number of carbonyl (C=O) groups is 1. The molecule has 1 N–H and O–H groups in total. The summed E-state index contributed by atoms with van der Waals surface area (Å²) in [6, 6.07) is 19.9. The highest BCUT2D eigenvalue weighted by atomic mass is 16.5. The van der Waals surface area contributed by atoms with Gasteiger partial charge in [0.05, 0.1) is 17.1 Å². The van der Waals surface area contributed by atoms with Crippen molar-refractivity contribution in [3.05, 3.63) is 99.6 Å². The molecule has 8 nitrogen and oxygen atoms in total. The Labute approximate surface area is 208 Å². The van der Waals surface area contributed by atoms with Crippen molar-refractivity contribution in [2.45, 2.75) is 33.3 Å². The number of aromatic nitrogens is 2. The number of rotatable bonds is 9. The molecule has 184 valence electrons. The van der Waals surface area contributed by atoms with Crippen LogP contribution in [-0.4, -0.2) is 33.6 Å². The van der Waals surface area contributed by atoms with Crippen molar-refractivity contribution in [1.29, 1.82) is 0 Å². The van der Waals surface area contributed by atoms with Gasteiger partial charge in [-0.15, -0.1) is 0 Å². The van der Waals surface area contributed by atoms with Crippen LogP contribution < -0.4 is 15.0 Å². The average Bonchev–Trinajstić information content (AvgIpc) is 2.86. The molecule has 0 aliphatic rings. The van der Waals surface area contributed by atoms with Gasteiger partial charge in [0.2, 0.25) is 0 Å². The molecular weight excluding hydrogens is 458 g/mol. The second-order valence-corrected chi connectivity index (χ2v) is 8.64. The van der Waals surface area contributed by atoms with E-state index in [1.54, 1.807) is 42.5 Å². The van der Waals surface area contributed by atoms with Gasteiger partial charge in [-0.2, -0.15) is 9.78 Å². The van der Waals surface area contributed by atoms with Gasteiger partial charge < -0.3 is 14.6 Å². The van der Waals surface area contributed by atoms with E-state index >= 15 is 0 Å². The molecule has 1 aromatic heterocycles. The van der Waals surface area contributed by atoms with Gasteiger partial charge >= 0.3 is 5.97 Å². The molecule has 0 saturated heterocycles. The Morgan fingerprint density at radius 1 is 1.08 bits per heavy atom. The molecule has 3 aromatic carbocycles. The predicted molar refractivity (Wildman–Crippen MR) is 138 cm³/mol. The molecule has 0 saturated carbocycles. The van der Waals surface area contributed by atoms with Gasteiger partial charge in [-0.1, -0.05) is 38.1 Å². The molecule has 0 atom stereocenters. The lowest BCUT2D eigenvalue weighted by atomic mass is 10.0. The first-order chi connectivity index (χ1) is 17.3. The summed E-state index contributed by atoms with van der Waals surface area (Å²) in [4.78, 5) is 28.6. The number of hydrogen-bond acceptors (Lipinski definition) is 6. The molecule has 36 heavy (non-hydrogen) atoms. The molecule has 4 aromatic rings. The number of nitrogens with zero attached hydrogens (tertiary/aromatic N) is 3. The van der Waals surface area contributed by atoms with Crippen LogP contribution in [0.25, 0.3) is 10.9 Å². The summed E-state index contributed by atoms with van der Waals surface area (Å²) in [5, 5.41) is 13.6. The van der Waals surface area contributed by atoms with Gasteiger partial charge in [-0.3, -0.25) is 4.79 Å². The van der Waals surface area contributed by atoms with Crippen LogP contribution in [0.4, 0.5) is 0 Å². The molecule has 0 amide bonds. The molecule has 0 spiro atoms. The number of benzene rings is 3. The standard InChI is InChI=1S/C28H27N3O5/c1-18(2)22-13-8-19(3)14-25(22)36-16-26-30-24-7-5-4-6-23(24)28(34)31(26)29-15-20-9-11-21(12-10-20)35-17-27(32)33/h4-15,18H,16-17H2,1-3H3,(H,32,33)/b29-15+. The third-order valence-electron chi connectivity index (χ3n) is 5.53. The zero-order chi connectivity index (χ0) is 25.7. The summed E-state index contributed by atoms with van der Waals surface area (Å²) in [6.45, 7) is 5.84. The van der Waals surface area contributed by atoms with Crippen LogP contribution in [0.15, 0.2) is 76.6 Å². The van der Waals surface area contributed by atoms with Crippen LogP contribution in [0.1, 0.15) is 42.3 Å². The number of ether oxygens (including phenoxy) is 2. The zero-order valence-corrected chi connectivity index (χ0v) is 20.3. The number of para-hydroxylation sites is 1. The van der Waals surface area contributed by atoms with Gasteiger partial charge in [-0.25, -0.2) is 9.78 Å². The number of fused-ring (bicyclic) bond motifs is 1. The van der Waals surface area contributed by atoms with E-state index in [4.69, 9.17) is 14.6 Å². The minimum Gasteiger partial charge on any atom is -0.485 e. The van der Waals surface area contributed by atoms with Crippen LogP contribution in [0.2, 0.25) is 0 Å². The van der Waals surface area contributed by atoms with Crippen LogP contribution in [-0.2, 0) is 11.4 Å². The lowest BCUT2D eigenvalue weighted by molar-refractivity contribution is -0.139. The van der Waals surface area contributed by atoms with Crippen molar-refractivity contribution in [2.75, 3.05) is 6.61 Å². The van der Waals surface area contributed by atoms with E-state index in [9.17, 15) is 9.59 Å². The van der Waals surface area contributed by atoms with Crippen molar-refractivity contribution in [2.24, 2.45) is 5.10 Å². The van der Waals surface area contributed by atoms with Crippen molar-refractivity contribution < 1.29 is 19.4 Å². The highest BCUT2D eigenvalue weighted by molar-refractivity contribution is 5.80. The summed E-state index contributed by atoms with van der Waals surface area (Å²) in [6.07, 6.45) is 1.54. The van der Waals surface area contributed by atoms with Crippen molar-refractivity contribution in [3.63, 3.8) is 0 Å². The molecule has 0 aliphatic heterocycles. The third kappa shape index (κ3) is 5.78. The summed E-state index contributed by atoms with van der Waals surface area (Å²) < 4.78 is 12.6. The normalized spacial score (nSPS) is 11.3. The number of aryl methyl sites for hydroxylation is 1. The molecule has 0 aliphatic carbocycles. The lowest BCUT2D eigenvalue weighted by Crippen LogP contribution is -2.23. The number of hydrogen-bond donors (Lipinski definition) is 1. The van der Waals surface area contributed by atoms with Crippen LogP contribution >= 0.6 is 0 Å². The maximum absolute atomic E-state index is 13.3. The molecular formula is C28H27N3O5. The van der Waals surface area contributed by atoms with Gasteiger partial charge in [0.25, 0.3) is 5.56 Å². The fourth-order valence-electron chi connectivity index (χ4n) is 3.69. The van der Waals surface area contributed by atoms with E-state index in [0.29, 0.717) is 28.0 Å². The number of aliphatic carboxylic acids is 1. The van der Waals surface area contributed by atoms with E-state index in [1.165, 1.54) is 10.9 Å². The van der Waals surface area contributed by atoms with Gasteiger partial charge in [-0.05, 0) is 72.0 Å². The quantitative estimate of drug-likeness (QED) is 0.343. The van der Waals surface area contributed by atoms with E-state index in [1.807, 2.05) is 19.1 Å². The smallest absolute Gasteiger partial charge is 0.341 e. The predicted octanol–water partition coefficient (Wildman–Crippen LogP) is 4.75. The lowest BCUT2D eigenvalue weighted by Gasteiger charge is -2.16. The fraction of sp³-hybridized carbons (Fsp3) is 0.214. The first-order valence-electron chi connectivity index (χ1n) is 11.5. The minimum absolute atomic E-state index is 0.0581. The average molecular weight is 486 g/mol. The summed E-state index contributed by atoms with van der Waals surface area (Å²) in [5.41, 5.74) is 3.12. The highest BCUT2D eigenvalue weighted by Gasteiger charge is 2.14. The molecule has 0 unspecified atom stereocenters. The Hall–Kier alpha value is -4.46. The van der Waals surface area contributed by atoms with Crippen molar-refractivity contribution in [1.82, 2.24) is 9.66 Å².